The van der Waals surface area contributed by atoms with Crippen LogP contribution in [0.1, 0.15) is 5.56 Å². The van der Waals surface area contributed by atoms with E-state index in [2.05, 4.69) is 0 Å². The maximum atomic E-state index is 7.34. The van der Waals surface area contributed by atoms with Crippen molar-refractivity contribution in [3.05, 3.63) is 29.8 Å². The monoisotopic (exact) mass is 282 g/mol. The van der Waals surface area contributed by atoms with Crippen LogP contribution >= 0.6 is 0 Å². The largest absolute Gasteiger partial charge is 0.491 e. The topological polar surface area (TPSA) is 86.8 Å². The van der Waals surface area contributed by atoms with Gasteiger partial charge in [0.15, 0.2) is 0 Å². The molecular weight excluding hydrogens is 260 g/mol. The molecule has 0 saturated carbocycles. The molecule has 0 aromatic heterocycles. The SMILES string of the molecule is COCCOCCOCCOc1cccc(C(=N)N)c1. The van der Waals surface area contributed by atoms with Crippen molar-refractivity contribution in [2.24, 2.45) is 5.73 Å². The molecule has 6 heteroatoms. The third-order valence-electron chi connectivity index (χ3n) is 2.45. The fourth-order valence-corrected chi connectivity index (χ4v) is 1.44. The van der Waals surface area contributed by atoms with E-state index in [1.54, 1.807) is 25.3 Å². The van der Waals surface area contributed by atoms with Crippen LogP contribution in [0, 0.1) is 5.41 Å². The predicted octanol–water partition coefficient (Wildman–Crippen LogP) is 1.03. The Hall–Kier alpha value is -1.63. The van der Waals surface area contributed by atoms with Crippen LogP contribution in [0.5, 0.6) is 5.75 Å². The summed E-state index contributed by atoms with van der Waals surface area (Å²) in [4.78, 5) is 0. The molecule has 20 heavy (non-hydrogen) atoms. The summed E-state index contributed by atoms with van der Waals surface area (Å²) in [5, 5.41) is 7.34. The number of nitrogen functional groups attached to an aromatic ring is 1. The van der Waals surface area contributed by atoms with Gasteiger partial charge >= 0.3 is 0 Å². The van der Waals surface area contributed by atoms with Gasteiger partial charge in [-0.15, -0.1) is 0 Å². The molecule has 0 heterocycles. The van der Waals surface area contributed by atoms with Crippen LogP contribution in [0.25, 0.3) is 0 Å². The first-order valence-electron chi connectivity index (χ1n) is 6.45. The molecule has 0 radical (unpaired) electrons. The number of nitrogens with two attached hydrogens (primary N) is 1. The van der Waals surface area contributed by atoms with Gasteiger partial charge in [-0.05, 0) is 12.1 Å². The zero-order valence-corrected chi connectivity index (χ0v) is 11.8. The normalized spacial score (nSPS) is 10.4. The van der Waals surface area contributed by atoms with Crippen molar-refractivity contribution in [2.45, 2.75) is 0 Å². The van der Waals surface area contributed by atoms with E-state index in [-0.39, 0.29) is 5.84 Å². The lowest BCUT2D eigenvalue weighted by molar-refractivity contribution is 0.0180. The van der Waals surface area contributed by atoms with Crippen molar-refractivity contribution >= 4 is 5.84 Å². The van der Waals surface area contributed by atoms with Crippen LogP contribution in [0.3, 0.4) is 0 Å². The standard InChI is InChI=1S/C14H22N2O4/c1-17-5-6-18-7-8-19-9-10-20-13-4-2-3-12(11-13)14(15)16/h2-4,11H,5-10H2,1H3,(H3,15,16). The smallest absolute Gasteiger partial charge is 0.122 e. The Bertz CT molecular complexity index is 399. The molecule has 0 aliphatic rings. The second-order valence-electron chi connectivity index (χ2n) is 4.01. The van der Waals surface area contributed by atoms with Gasteiger partial charge in [0.25, 0.3) is 0 Å². The second kappa shape index (κ2) is 10.2. The van der Waals surface area contributed by atoms with Crippen molar-refractivity contribution in [1.82, 2.24) is 0 Å². The first-order chi connectivity index (χ1) is 9.74. The number of ether oxygens (including phenoxy) is 4. The van der Waals surface area contributed by atoms with Gasteiger partial charge in [-0.3, -0.25) is 5.41 Å². The highest BCUT2D eigenvalue weighted by Gasteiger charge is 1.99. The highest BCUT2D eigenvalue weighted by Crippen LogP contribution is 2.12. The lowest BCUT2D eigenvalue weighted by Crippen LogP contribution is -2.13. The summed E-state index contributed by atoms with van der Waals surface area (Å²) in [7, 11) is 1.64. The molecule has 0 unspecified atom stereocenters. The second-order valence-corrected chi connectivity index (χ2v) is 4.01. The van der Waals surface area contributed by atoms with Crippen LogP contribution in [0.4, 0.5) is 0 Å². The molecule has 1 aromatic rings. The average Bonchev–Trinajstić information content (AvgIpc) is 2.46. The Morgan fingerprint density at radius 3 is 2.35 bits per heavy atom. The van der Waals surface area contributed by atoms with Crippen LogP contribution in [0.2, 0.25) is 0 Å². The molecular formula is C14H22N2O4. The first-order valence-corrected chi connectivity index (χ1v) is 6.45. The van der Waals surface area contributed by atoms with Crippen molar-refractivity contribution in [2.75, 3.05) is 46.8 Å². The lowest BCUT2D eigenvalue weighted by Gasteiger charge is -2.08. The van der Waals surface area contributed by atoms with Crippen LogP contribution in [0.15, 0.2) is 24.3 Å². The Kier molecular flexibility index (Phi) is 8.37. The van der Waals surface area contributed by atoms with Gasteiger partial charge in [-0.25, -0.2) is 0 Å². The molecule has 6 nitrogen and oxygen atoms in total. The van der Waals surface area contributed by atoms with Crippen LogP contribution < -0.4 is 10.5 Å². The number of nitrogens with one attached hydrogen (secondary N) is 1. The molecule has 1 aromatic carbocycles. The molecule has 0 bridgehead atoms. The summed E-state index contributed by atoms with van der Waals surface area (Å²) in [5.74, 6) is 0.706. The van der Waals surface area contributed by atoms with Crippen molar-refractivity contribution in [3.8, 4) is 5.75 Å². The van der Waals surface area contributed by atoms with Gasteiger partial charge in [0.2, 0.25) is 0 Å². The Morgan fingerprint density at radius 1 is 1.05 bits per heavy atom. The number of hydrogen-bond acceptors (Lipinski definition) is 5. The first kappa shape index (κ1) is 16.4. The van der Waals surface area contributed by atoms with Gasteiger partial charge in [0, 0.05) is 12.7 Å². The fourth-order valence-electron chi connectivity index (χ4n) is 1.44. The molecule has 0 aliphatic heterocycles. The van der Waals surface area contributed by atoms with Crippen LogP contribution in [-0.4, -0.2) is 52.6 Å². The number of methoxy groups -OCH3 is 1. The van der Waals surface area contributed by atoms with E-state index >= 15 is 0 Å². The zero-order valence-electron chi connectivity index (χ0n) is 11.8. The predicted molar refractivity (Wildman–Crippen MR) is 76.5 cm³/mol. The Balaban J connectivity index is 2.06. The summed E-state index contributed by atoms with van der Waals surface area (Å²) in [6.45, 7) is 3.17. The van der Waals surface area contributed by atoms with Gasteiger partial charge in [-0.2, -0.15) is 0 Å². The van der Waals surface area contributed by atoms with E-state index in [4.69, 9.17) is 30.1 Å². The zero-order chi connectivity index (χ0) is 14.6. The van der Waals surface area contributed by atoms with Crippen molar-refractivity contribution in [3.63, 3.8) is 0 Å². The number of benzene rings is 1. The van der Waals surface area contributed by atoms with Gasteiger partial charge in [-0.1, -0.05) is 12.1 Å². The van der Waals surface area contributed by atoms with E-state index in [0.717, 1.165) is 0 Å². The van der Waals surface area contributed by atoms with E-state index in [1.807, 2.05) is 6.07 Å². The van der Waals surface area contributed by atoms with E-state index in [1.165, 1.54) is 0 Å². The number of amidine groups is 1. The molecule has 0 fully saturated rings. The third-order valence-corrected chi connectivity index (χ3v) is 2.45. The molecule has 0 saturated heterocycles. The van der Waals surface area contributed by atoms with Crippen molar-refractivity contribution in [1.29, 1.82) is 5.41 Å². The number of rotatable bonds is 11. The van der Waals surface area contributed by atoms with Gasteiger partial charge < -0.3 is 24.7 Å². The van der Waals surface area contributed by atoms with Crippen LogP contribution in [-0.2, 0) is 14.2 Å². The minimum absolute atomic E-state index is 0.0277. The minimum Gasteiger partial charge on any atom is -0.491 e. The average molecular weight is 282 g/mol. The number of hydrogen-bond donors (Lipinski definition) is 2. The molecule has 0 spiro atoms. The molecule has 0 aliphatic carbocycles. The Morgan fingerprint density at radius 2 is 1.70 bits per heavy atom. The quantitative estimate of drug-likeness (QED) is 0.359. The third kappa shape index (κ3) is 7.08. The van der Waals surface area contributed by atoms with Crippen molar-refractivity contribution < 1.29 is 18.9 Å². The molecule has 0 amide bonds. The van der Waals surface area contributed by atoms with Gasteiger partial charge in [0.1, 0.15) is 18.2 Å². The molecule has 3 N–H and O–H groups in total. The maximum absolute atomic E-state index is 7.34. The van der Waals surface area contributed by atoms with E-state index in [0.29, 0.717) is 51.0 Å². The summed E-state index contributed by atoms with van der Waals surface area (Å²) in [6.07, 6.45) is 0. The summed E-state index contributed by atoms with van der Waals surface area (Å²) in [6, 6.07) is 7.12. The maximum Gasteiger partial charge on any atom is 0.122 e. The minimum atomic E-state index is 0.0277. The fraction of sp³-hybridized carbons (Fsp3) is 0.500. The Labute approximate surface area is 119 Å². The molecule has 0 atom stereocenters. The lowest BCUT2D eigenvalue weighted by atomic mass is 10.2. The van der Waals surface area contributed by atoms with E-state index < -0.39 is 0 Å². The van der Waals surface area contributed by atoms with Gasteiger partial charge in [0.05, 0.1) is 33.0 Å². The summed E-state index contributed by atoms with van der Waals surface area (Å²) < 4.78 is 21.0. The summed E-state index contributed by atoms with van der Waals surface area (Å²) >= 11 is 0. The highest BCUT2D eigenvalue weighted by atomic mass is 16.6. The van der Waals surface area contributed by atoms with E-state index in [9.17, 15) is 0 Å². The molecule has 1 rings (SSSR count). The molecule has 112 valence electrons. The highest BCUT2D eigenvalue weighted by molar-refractivity contribution is 5.95. The summed E-state index contributed by atoms with van der Waals surface area (Å²) in [5.41, 5.74) is 6.06.